The van der Waals surface area contributed by atoms with Crippen LogP contribution >= 0.6 is 0 Å². The average molecular weight is 222 g/mol. The molecule has 0 aliphatic heterocycles. The second-order valence-corrected chi connectivity index (χ2v) is 4.51. The van der Waals surface area contributed by atoms with Crippen molar-refractivity contribution in [2.75, 3.05) is 6.61 Å². The molecule has 90 valence electrons. The van der Waals surface area contributed by atoms with E-state index in [0.29, 0.717) is 12.5 Å². The molecule has 2 heteroatoms. The van der Waals surface area contributed by atoms with Gasteiger partial charge >= 0.3 is 0 Å². The number of aryl methyl sites for hydroxylation is 1. The minimum atomic E-state index is -0.423. The van der Waals surface area contributed by atoms with Crippen molar-refractivity contribution in [1.29, 1.82) is 0 Å². The lowest BCUT2D eigenvalue weighted by Gasteiger charge is -2.18. The fourth-order valence-electron chi connectivity index (χ4n) is 1.90. The maximum Gasteiger partial charge on any atom is 0.123 e. The summed E-state index contributed by atoms with van der Waals surface area (Å²) in [7, 11) is 0. The van der Waals surface area contributed by atoms with E-state index in [1.54, 1.807) is 6.92 Å². The van der Waals surface area contributed by atoms with Crippen molar-refractivity contribution < 1.29 is 9.84 Å². The third-order valence-corrected chi connectivity index (χ3v) is 2.77. The Balaban J connectivity index is 3.25. The van der Waals surface area contributed by atoms with Gasteiger partial charge in [0.15, 0.2) is 0 Å². The summed E-state index contributed by atoms with van der Waals surface area (Å²) in [5.74, 6) is 1.35. The smallest absolute Gasteiger partial charge is 0.123 e. The van der Waals surface area contributed by atoms with Gasteiger partial charge in [-0.25, -0.2) is 0 Å². The summed E-state index contributed by atoms with van der Waals surface area (Å²) in [5.41, 5.74) is 3.25. The molecule has 0 amide bonds. The second-order valence-electron chi connectivity index (χ2n) is 4.51. The Bertz CT molecular complexity index is 354. The van der Waals surface area contributed by atoms with Gasteiger partial charge in [0.25, 0.3) is 0 Å². The van der Waals surface area contributed by atoms with Gasteiger partial charge in [-0.1, -0.05) is 13.8 Å². The Morgan fingerprint density at radius 1 is 1.19 bits per heavy atom. The molecule has 0 aliphatic rings. The lowest BCUT2D eigenvalue weighted by molar-refractivity contribution is 0.198. The van der Waals surface area contributed by atoms with Crippen LogP contribution < -0.4 is 4.74 Å². The zero-order valence-electron chi connectivity index (χ0n) is 10.9. The molecular weight excluding hydrogens is 200 g/mol. The molecule has 1 atom stereocenters. The molecule has 1 aromatic rings. The van der Waals surface area contributed by atoms with Gasteiger partial charge in [-0.2, -0.15) is 0 Å². The van der Waals surface area contributed by atoms with Crippen LogP contribution in [0.15, 0.2) is 12.1 Å². The van der Waals surface area contributed by atoms with E-state index in [2.05, 4.69) is 19.9 Å². The number of hydrogen-bond donors (Lipinski definition) is 1. The molecule has 0 saturated carbocycles. The molecule has 0 heterocycles. The molecule has 0 saturated heterocycles. The van der Waals surface area contributed by atoms with E-state index in [4.69, 9.17) is 4.74 Å². The molecule has 1 N–H and O–H groups in total. The van der Waals surface area contributed by atoms with E-state index in [1.165, 1.54) is 5.56 Å². The van der Waals surface area contributed by atoms with Gasteiger partial charge in [-0.3, -0.25) is 0 Å². The largest absolute Gasteiger partial charge is 0.494 e. The van der Waals surface area contributed by atoms with Crippen molar-refractivity contribution >= 4 is 0 Å². The number of benzene rings is 1. The van der Waals surface area contributed by atoms with Crippen molar-refractivity contribution in [3.05, 3.63) is 28.8 Å². The van der Waals surface area contributed by atoms with Gasteiger partial charge < -0.3 is 9.84 Å². The van der Waals surface area contributed by atoms with E-state index in [-0.39, 0.29) is 0 Å². The van der Waals surface area contributed by atoms with E-state index >= 15 is 0 Å². The predicted molar refractivity (Wildman–Crippen MR) is 67.1 cm³/mol. The first-order valence-corrected chi connectivity index (χ1v) is 5.92. The van der Waals surface area contributed by atoms with Crippen LogP contribution in [-0.4, -0.2) is 11.7 Å². The Labute approximate surface area is 98.3 Å². The number of ether oxygens (including phenoxy) is 1. The Morgan fingerprint density at radius 2 is 1.81 bits per heavy atom. The van der Waals surface area contributed by atoms with Crippen LogP contribution in [0.1, 0.15) is 56.4 Å². The topological polar surface area (TPSA) is 29.5 Å². The number of hydrogen-bond acceptors (Lipinski definition) is 2. The third kappa shape index (κ3) is 2.76. The van der Waals surface area contributed by atoms with Crippen LogP contribution in [0.2, 0.25) is 0 Å². The summed E-state index contributed by atoms with van der Waals surface area (Å²) < 4.78 is 5.63. The highest BCUT2D eigenvalue weighted by atomic mass is 16.5. The molecule has 0 aliphatic carbocycles. The molecule has 0 aromatic heterocycles. The summed E-state index contributed by atoms with van der Waals surface area (Å²) >= 11 is 0. The van der Waals surface area contributed by atoms with Gasteiger partial charge in [0.1, 0.15) is 5.75 Å². The number of aliphatic hydroxyl groups excluding tert-OH is 1. The van der Waals surface area contributed by atoms with Gasteiger partial charge in [0.2, 0.25) is 0 Å². The van der Waals surface area contributed by atoms with E-state index in [0.717, 1.165) is 16.9 Å². The SMILES string of the molecule is CCOc1cc(C)c(C(C)O)cc1C(C)C. The van der Waals surface area contributed by atoms with Crippen LogP contribution in [0.25, 0.3) is 0 Å². The summed E-state index contributed by atoms with van der Waals surface area (Å²) in [6, 6.07) is 4.09. The summed E-state index contributed by atoms with van der Waals surface area (Å²) in [6.45, 7) is 10.7. The Hall–Kier alpha value is -1.02. The summed E-state index contributed by atoms with van der Waals surface area (Å²) in [5, 5.41) is 9.69. The van der Waals surface area contributed by atoms with E-state index in [9.17, 15) is 5.11 Å². The summed E-state index contributed by atoms with van der Waals surface area (Å²) in [6.07, 6.45) is -0.423. The first kappa shape index (κ1) is 13.0. The van der Waals surface area contributed by atoms with E-state index in [1.807, 2.05) is 19.9 Å². The number of rotatable bonds is 4. The van der Waals surface area contributed by atoms with Gasteiger partial charge in [0, 0.05) is 0 Å². The molecule has 1 aromatic carbocycles. The first-order chi connectivity index (χ1) is 7.47. The molecule has 2 nitrogen and oxygen atoms in total. The second kappa shape index (κ2) is 5.35. The van der Waals surface area contributed by atoms with Gasteiger partial charge in [0.05, 0.1) is 12.7 Å². The van der Waals surface area contributed by atoms with Crippen molar-refractivity contribution in [1.82, 2.24) is 0 Å². The van der Waals surface area contributed by atoms with Gasteiger partial charge in [-0.15, -0.1) is 0 Å². The Kier molecular flexibility index (Phi) is 4.36. The van der Waals surface area contributed by atoms with Crippen molar-refractivity contribution in [2.45, 2.75) is 46.6 Å². The maximum absolute atomic E-state index is 9.69. The van der Waals surface area contributed by atoms with Crippen LogP contribution in [0, 0.1) is 6.92 Å². The van der Waals surface area contributed by atoms with Crippen LogP contribution in [-0.2, 0) is 0 Å². The highest BCUT2D eigenvalue weighted by molar-refractivity contribution is 5.44. The fraction of sp³-hybridized carbons (Fsp3) is 0.571. The lowest BCUT2D eigenvalue weighted by atomic mass is 9.94. The molecule has 0 radical (unpaired) electrons. The quantitative estimate of drug-likeness (QED) is 0.844. The average Bonchev–Trinajstić information content (AvgIpc) is 2.17. The van der Waals surface area contributed by atoms with Crippen molar-refractivity contribution in [2.24, 2.45) is 0 Å². The Morgan fingerprint density at radius 3 is 2.25 bits per heavy atom. The highest BCUT2D eigenvalue weighted by Crippen LogP contribution is 2.32. The van der Waals surface area contributed by atoms with Crippen LogP contribution in [0.4, 0.5) is 0 Å². The maximum atomic E-state index is 9.69. The molecular formula is C14H22O2. The summed E-state index contributed by atoms with van der Waals surface area (Å²) in [4.78, 5) is 0. The monoisotopic (exact) mass is 222 g/mol. The van der Waals surface area contributed by atoms with Crippen LogP contribution in [0.5, 0.6) is 5.75 Å². The standard InChI is InChI=1S/C14H22O2/c1-6-16-14-7-10(4)13(11(5)15)8-12(14)9(2)3/h7-9,11,15H,6H2,1-5H3. The molecule has 0 bridgehead atoms. The van der Waals surface area contributed by atoms with E-state index < -0.39 is 6.10 Å². The van der Waals surface area contributed by atoms with Crippen molar-refractivity contribution in [3.63, 3.8) is 0 Å². The minimum absolute atomic E-state index is 0.402. The molecule has 16 heavy (non-hydrogen) atoms. The fourth-order valence-corrected chi connectivity index (χ4v) is 1.90. The third-order valence-electron chi connectivity index (χ3n) is 2.77. The molecule has 1 rings (SSSR count). The van der Waals surface area contributed by atoms with Crippen molar-refractivity contribution in [3.8, 4) is 5.75 Å². The first-order valence-electron chi connectivity index (χ1n) is 5.92. The van der Waals surface area contributed by atoms with Crippen LogP contribution in [0.3, 0.4) is 0 Å². The molecule has 0 fully saturated rings. The highest BCUT2D eigenvalue weighted by Gasteiger charge is 2.13. The molecule has 0 spiro atoms. The molecule has 1 unspecified atom stereocenters. The normalized spacial score (nSPS) is 12.9. The lowest BCUT2D eigenvalue weighted by Crippen LogP contribution is -2.03. The zero-order chi connectivity index (χ0) is 12.3. The van der Waals surface area contributed by atoms with Gasteiger partial charge in [-0.05, 0) is 55.5 Å². The predicted octanol–water partition coefficient (Wildman–Crippen LogP) is 3.57. The minimum Gasteiger partial charge on any atom is -0.494 e. The zero-order valence-corrected chi connectivity index (χ0v) is 10.9. The number of aliphatic hydroxyl groups is 1.